The van der Waals surface area contributed by atoms with Gasteiger partial charge in [0.1, 0.15) is 0 Å². The molecule has 3 heterocycles. The maximum atomic E-state index is 2.35. The zero-order chi connectivity index (χ0) is 18.7. The summed E-state index contributed by atoms with van der Waals surface area (Å²) in [6.07, 6.45) is 15.3. The molecule has 3 rings (SSSR count). The van der Waals surface area contributed by atoms with Crippen molar-refractivity contribution in [2.75, 3.05) is 0 Å². The molecule has 0 amide bonds. The van der Waals surface area contributed by atoms with Crippen molar-refractivity contribution in [1.29, 1.82) is 0 Å². The minimum atomic E-state index is 1.23. The minimum Gasteiger partial charge on any atom is -0.143 e. The van der Waals surface area contributed by atoms with E-state index in [-0.39, 0.29) is 0 Å². The van der Waals surface area contributed by atoms with Crippen LogP contribution in [0.4, 0.5) is 0 Å². The lowest BCUT2D eigenvalue weighted by Gasteiger charge is -2.06. The van der Waals surface area contributed by atoms with Gasteiger partial charge in [0.05, 0.1) is 4.88 Å². The summed E-state index contributed by atoms with van der Waals surface area (Å²) in [5.74, 6) is 0. The lowest BCUT2D eigenvalue weighted by Crippen LogP contribution is -1.87. The van der Waals surface area contributed by atoms with E-state index >= 15 is 0 Å². The van der Waals surface area contributed by atoms with E-state index < -0.39 is 0 Å². The SMILES string of the molecule is CCCCCCCCCCCCc1ccsc1-c1ccsc1-c1cccs1. The van der Waals surface area contributed by atoms with Crippen LogP contribution in [0.5, 0.6) is 0 Å². The number of aryl methyl sites for hydroxylation is 1. The summed E-state index contributed by atoms with van der Waals surface area (Å²) in [4.78, 5) is 4.34. The van der Waals surface area contributed by atoms with Gasteiger partial charge in [0.25, 0.3) is 0 Å². The fraction of sp³-hybridized carbons (Fsp3) is 0.500. The molecule has 3 aromatic heterocycles. The van der Waals surface area contributed by atoms with Crippen LogP contribution < -0.4 is 0 Å². The number of thiophene rings is 3. The molecule has 0 saturated heterocycles. The highest BCUT2D eigenvalue weighted by Gasteiger charge is 2.14. The van der Waals surface area contributed by atoms with Crippen LogP contribution in [0.15, 0.2) is 40.4 Å². The molecule has 0 fully saturated rings. The average molecular weight is 417 g/mol. The summed E-state index contributed by atoms with van der Waals surface area (Å²) in [5.41, 5.74) is 3.00. The molecule has 0 spiro atoms. The van der Waals surface area contributed by atoms with Gasteiger partial charge in [-0.3, -0.25) is 0 Å². The van der Waals surface area contributed by atoms with Crippen molar-refractivity contribution in [2.24, 2.45) is 0 Å². The van der Waals surface area contributed by atoms with Crippen molar-refractivity contribution in [2.45, 2.75) is 77.6 Å². The Hall–Kier alpha value is -0.900. The van der Waals surface area contributed by atoms with E-state index in [0.717, 1.165) is 0 Å². The van der Waals surface area contributed by atoms with E-state index in [1.54, 1.807) is 5.56 Å². The van der Waals surface area contributed by atoms with Gasteiger partial charge in [-0.05, 0) is 52.7 Å². The Kier molecular flexibility index (Phi) is 9.13. The normalized spacial score (nSPS) is 11.3. The Bertz CT molecular complexity index is 748. The van der Waals surface area contributed by atoms with Gasteiger partial charge in [-0.15, -0.1) is 34.0 Å². The molecule has 3 heteroatoms. The van der Waals surface area contributed by atoms with Crippen LogP contribution in [-0.2, 0) is 6.42 Å². The zero-order valence-corrected chi connectivity index (χ0v) is 19.0. The smallest absolute Gasteiger partial charge is 0.0529 e. The van der Waals surface area contributed by atoms with Crippen LogP contribution >= 0.6 is 34.0 Å². The summed E-state index contributed by atoms with van der Waals surface area (Å²) in [5, 5.41) is 6.70. The molecule has 0 aliphatic heterocycles. The first kappa shape index (κ1) is 20.8. The Balaban J connectivity index is 1.42. The summed E-state index contributed by atoms with van der Waals surface area (Å²) in [7, 11) is 0. The van der Waals surface area contributed by atoms with Crippen LogP contribution in [0, 0.1) is 0 Å². The second-order valence-electron chi connectivity index (χ2n) is 7.35. The number of hydrogen-bond donors (Lipinski definition) is 0. The first-order valence-electron chi connectivity index (χ1n) is 10.6. The third-order valence-corrected chi connectivity index (χ3v) is 8.16. The Morgan fingerprint density at radius 1 is 0.630 bits per heavy atom. The number of hydrogen-bond acceptors (Lipinski definition) is 3. The lowest BCUT2D eigenvalue weighted by molar-refractivity contribution is 0.556. The standard InChI is InChI=1S/C24H32S3/c1-2-3-4-5-6-7-8-9-10-11-13-20-15-18-26-23(20)21-16-19-27-24(21)22-14-12-17-25-22/h12,14-19H,2-11,13H2,1H3. The Morgan fingerprint density at radius 3 is 2.00 bits per heavy atom. The molecular weight excluding hydrogens is 384 g/mol. The van der Waals surface area contributed by atoms with Crippen molar-refractivity contribution in [3.05, 3.63) is 46.0 Å². The van der Waals surface area contributed by atoms with Gasteiger partial charge >= 0.3 is 0 Å². The predicted octanol–water partition coefficient (Wildman–Crippen LogP) is 9.67. The second kappa shape index (κ2) is 11.8. The highest BCUT2D eigenvalue weighted by molar-refractivity contribution is 7.21. The van der Waals surface area contributed by atoms with E-state index in [1.165, 1.54) is 90.8 Å². The van der Waals surface area contributed by atoms with Crippen LogP contribution in [0.2, 0.25) is 0 Å². The maximum absolute atomic E-state index is 2.35. The Morgan fingerprint density at radius 2 is 1.30 bits per heavy atom. The molecule has 27 heavy (non-hydrogen) atoms. The lowest BCUT2D eigenvalue weighted by atomic mass is 10.0. The summed E-state index contributed by atoms with van der Waals surface area (Å²) in [6, 6.07) is 9.06. The highest BCUT2D eigenvalue weighted by atomic mass is 32.1. The molecule has 0 N–H and O–H groups in total. The summed E-state index contributed by atoms with van der Waals surface area (Å²) in [6.45, 7) is 2.29. The van der Waals surface area contributed by atoms with Crippen LogP contribution in [0.3, 0.4) is 0 Å². The first-order chi connectivity index (χ1) is 13.4. The Labute approximate surface area is 177 Å². The van der Waals surface area contributed by atoms with Crippen molar-refractivity contribution < 1.29 is 0 Å². The summed E-state index contributed by atoms with van der Waals surface area (Å²) < 4.78 is 0. The predicted molar refractivity (Wildman–Crippen MR) is 126 cm³/mol. The van der Waals surface area contributed by atoms with E-state index in [0.29, 0.717) is 0 Å². The number of unbranched alkanes of at least 4 members (excludes halogenated alkanes) is 9. The molecule has 0 atom stereocenters. The molecule has 0 aliphatic rings. The molecule has 0 unspecified atom stereocenters. The minimum absolute atomic E-state index is 1.23. The van der Waals surface area contributed by atoms with Crippen molar-refractivity contribution in [3.8, 4) is 20.2 Å². The van der Waals surface area contributed by atoms with E-state index in [2.05, 4.69) is 47.3 Å². The van der Waals surface area contributed by atoms with E-state index in [9.17, 15) is 0 Å². The molecule has 0 bridgehead atoms. The van der Waals surface area contributed by atoms with Gasteiger partial charge in [0.2, 0.25) is 0 Å². The second-order valence-corrected chi connectivity index (χ2v) is 10.1. The van der Waals surface area contributed by atoms with Gasteiger partial charge in [-0.1, -0.05) is 70.8 Å². The summed E-state index contributed by atoms with van der Waals surface area (Å²) >= 11 is 5.63. The molecule has 0 aromatic carbocycles. The van der Waals surface area contributed by atoms with Crippen molar-refractivity contribution >= 4 is 34.0 Å². The van der Waals surface area contributed by atoms with Gasteiger partial charge in [0, 0.05) is 15.3 Å². The first-order valence-corrected chi connectivity index (χ1v) is 13.2. The fourth-order valence-electron chi connectivity index (χ4n) is 3.66. The third-order valence-electron chi connectivity index (χ3n) is 5.20. The quantitative estimate of drug-likeness (QED) is 0.243. The van der Waals surface area contributed by atoms with E-state index in [4.69, 9.17) is 0 Å². The van der Waals surface area contributed by atoms with Crippen molar-refractivity contribution in [1.82, 2.24) is 0 Å². The third kappa shape index (κ3) is 6.30. The fourth-order valence-corrected chi connectivity index (χ4v) is 6.50. The largest absolute Gasteiger partial charge is 0.143 e. The van der Waals surface area contributed by atoms with Crippen molar-refractivity contribution in [3.63, 3.8) is 0 Å². The monoisotopic (exact) mass is 416 g/mol. The zero-order valence-electron chi connectivity index (χ0n) is 16.5. The molecule has 0 radical (unpaired) electrons. The maximum Gasteiger partial charge on any atom is 0.0529 e. The van der Waals surface area contributed by atoms with Gasteiger partial charge in [-0.2, -0.15) is 0 Å². The topological polar surface area (TPSA) is 0 Å². The average Bonchev–Trinajstić information content (AvgIpc) is 3.43. The van der Waals surface area contributed by atoms with Crippen LogP contribution in [0.1, 0.15) is 76.7 Å². The van der Waals surface area contributed by atoms with Gasteiger partial charge in [0.15, 0.2) is 0 Å². The van der Waals surface area contributed by atoms with Gasteiger partial charge < -0.3 is 0 Å². The molecule has 0 saturated carbocycles. The number of rotatable bonds is 13. The van der Waals surface area contributed by atoms with Crippen LogP contribution in [-0.4, -0.2) is 0 Å². The molecule has 3 aromatic rings. The van der Waals surface area contributed by atoms with E-state index in [1.807, 2.05) is 34.0 Å². The highest BCUT2D eigenvalue weighted by Crippen LogP contribution is 2.42. The molecular formula is C24H32S3. The molecule has 146 valence electrons. The van der Waals surface area contributed by atoms with Gasteiger partial charge in [-0.25, -0.2) is 0 Å². The molecule has 0 nitrogen and oxygen atoms in total. The molecule has 0 aliphatic carbocycles. The van der Waals surface area contributed by atoms with Crippen LogP contribution in [0.25, 0.3) is 20.2 Å².